The van der Waals surface area contributed by atoms with Gasteiger partial charge in [-0.15, -0.1) is 0 Å². The third-order valence-electron chi connectivity index (χ3n) is 3.15. The smallest absolute Gasteiger partial charge is 0.308 e. The molecular formula is C12H22N2O. The Kier molecular flexibility index (Phi) is 5.37. The number of amidine groups is 1. The molecule has 86 valence electrons. The monoisotopic (exact) mass is 210 g/mol. The number of nitrogens with one attached hydrogen (secondary N) is 1. The zero-order valence-electron chi connectivity index (χ0n) is 9.83. The van der Waals surface area contributed by atoms with Crippen LogP contribution in [0.3, 0.4) is 0 Å². The Hall–Kier alpha value is -0.860. The molecule has 0 amide bonds. The van der Waals surface area contributed by atoms with Crippen LogP contribution in [-0.2, 0) is 4.74 Å². The van der Waals surface area contributed by atoms with E-state index in [9.17, 15) is 0 Å². The van der Waals surface area contributed by atoms with Crippen molar-refractivity contribution in [2.45, 2.75) is 45.4 Å². The Morgan fingerprint density at radius 1 is 1.47 bits per heavy atom. The lowest BCUT2D eigenvalue weighted by atomic mass is 10.1. The van der Waals surface area contributed by atoms with Crippen molar-refractivity contribution < 1.29 is 4.74 Å². The van der Waals surface area contributed by atoms with E-state index < -0.39 is 0 Å². The van der Waals surface area contributed by atoms with Gasteiger partial charge in [-0.1, -0.05) is 26.2 Å². The van der Waals surface area contributed by atoms with Crippen LogP contribution >= 0.6 is 0 Å². The second kappa shape index (κ2) is 6.59. The predicted molar refractivity (Wildman–Crippen MR) is 63.6 cm³/mol. The van der Waals surface area contributed by atoms with Crippen LogP contribution in [0.5, 0.6) is 0 Å². The molecule has 1 rings (SSSR count). The van der Waals surface area contributed by atoms with Crippen LogP contribution in [0.4, 0.5) is 0 Å². The normalized spacial score (nSPS) is 24.4. The van der Waals surface area contributed by atoms with Crippen LogP contribution < -0.4 is 0 Å². The number of rotatable bonds is 6. The zero-order chi connectivity index (χ0) is 11.1. The summed E-state index contributed by atoms with van der Waals surface area (Å²) in [6.45, 7) is 2.29. The Labute approximate surface area is 92.4 Å². The minimum Gasteiger partial charge on any atom is -0.467 e. The highest BCUT2D eigenvalue weighted by Gasteiger charge is 2.33. The molecule has 0 saturated heterocycles. The Morgan fingerprint density at radius 2 is 2.27 bits per heavy atom. The maximum atomic E-state index is 7.13. The molecule has 0 heterocycles. The van der Waals surface area contributed by atoms with Crippen LogP contribution in [0.25, 0.3) is 0 Å². The van der Waals surface area contributed by atoms with E-state index in [0.717, 1.165) is 18.3 Å². The standard InChI is InChI=1S/C12H22N2O/c1-3-10-9-11(10)7-5-4-6-8-14-12(13)15-2/h8,10-11,13H,3-7,9H2,1-2H3/t10-,11-/m0/s1. The molecule has 0 bridgehead atoms. The highest BCUT2D eigenvalue weighted by molar-refractivity contribution is 5.80. The average Bonchev–Trinajstić information content (AvgIpc) is 3.01. The van der Waals surface area contributed by atoms with Crippen LogP contribution in [0.2, 0.25) is 0 Å². The van der Waals surface area contributed by atoms with Gasteiger partial charge < -0.3 is 4.74 Å². The van der Waals surface area contributed by atoms with E-state index in [0.29, 0.717) is 0 Å². The van der Waals surface area contributed by atoms with Crippen molar-refractivity contribution in [2.75, 3.05) is 7.11 Å². The third kappa shape index (κ3) is 4.96. The van der Waals surface area contributed by atoms with Crippen molar-refractivity contribution in [3.05, 3.63) is 0 Å². The van der Waals surface area contributed by atoms with Crippen molar-refractivity contribution in [1.29, 1.82) is 5.41 Å². The van der Waals surface area contributed by atoms with Crippen molar-refractivity contribution >= 4 is 12.2 Å². The molecule has 1 N–H and O–H groups in total. The summed E-state index contributed by atoms with van der Waals surface area (Å²) in [5.41, 5.74) is 0. The van der Waals surface area contributed by atoms with Gasteiger partial charge in [0.05, 0.1) is 7.11 Å². The largest absolute Gasteiger partial charge is 0.467 e. The summed E-state index contributed by atoms with van der Waals surface area (Å²) in [5, 5.41) is 7.13. The first-order valence-corrected chi connectivity index (χ1v) is 5.93. The first-order chi connectivity index (χ1) is 7.27. The summed E-state index contributed by atoms with van der Waals surface area (Å²) in [5.74, 6) is 2.05. The van der Waals surface area contributed by atoms with Gasteiger partial charge in [-0.25, -0.2) is 10.4 Å². The molecule has 1 aliphatic rings. The first kappa shape index (κ1) is 12.2. The summed E-state index contributed by atoms with van der Waals surface area (Å²) < 4.78 is 4.62. The molecule has 0 aromatic heterocycles. The van der Waals surface area contributed by atoms with E-state index in [-0.39, 0.29) is 6.02 Å². The predicted octanol–water partition coefficient (Wildman–Crippen LogP) is 3.24. The molecule has 0 spiro atoms. The number of hydrogen-bond donors (Lipinski definition) is 1. The van der Waals surface area contributed by atoms with Crippen LogP contribution in [-0.4, -0.2) is 19.3 Å². The molecule has 0 aromatic rings. The summed E-state index contributed by atoms with van der Waals surface area (Å²) in [6.07, 6.45) is 9.44. The van der Waals surface area contributed by atoms with Gasteiger partial charge in [-0.3, -0.25) is 0 Å². The van der Waals surface area contributed by atoms with Gasteiger partial charge in [0, 0.05) is 6.21 Å². The summed E-state index contributed by atoms with van der Waals surface area (Å²) in [4.78, 5) is 3.84. The van der Waals surface area contributed by atoms with Crippen molar-refractivity contribution in [1.82, 2.24) is 0 Å². The Bertz CT molecular complexity index is 226. The van der Waals surface area contributed by atoms with Gasteiger partial charge in [-0.05, 0) is 31.1 Å². The second-order valence-corrected chi connectivity index (χ2v) is 4.27. The van der Waals surface area contributed by atoms with Crippen molar-refractivity contribution in [3.63, 3.8) is 0 Å². The Balaban J connectivity index is 1.89. The molecule has 0 radical (unpaired) electrons. The maximum Gasteiger partial charge on any atom is 0.308 e. The fourth-order valence-corrected chi connectivity index (χ4v) is 2.01. The van der Waals surface area contributed by atoms with Crippen LogP contribution in [0.1, 0.15) is 45.4 Å². The molecule has 0 unspecified atom stereocenters. The third-order valence-corrected chi connectivity index (χ3v) is 3.15. The van der Waals surface area contributed by atoms with E-state index in [1.165, 1.54) is 39.2 Å². The Morgan fingerprint density at radius 3 is 2.87 bits per heavy atom. The van der Waals surface area contributed by atoms with Crippen LogP contribution in [0.15, 0.2) is 4.99 Å². The molecule has 15 heavy (non-hydrogen) atoms. The van der Waals surface area contributed by atoms with E-state index in [2.05, 4.69) is 16.7 Å². The van der Waals surface area contributed by atoms with Crippen molar-refractivity contribution in [3.8, 4) is 0 Å². The van der Waals surface area contributed by atoms with Gasteiger partial charge in [0.15, 0.2) is 0 Å². The lowest BCUT2D eigenvalue weighted by Gasteiger charge is -1.97. The van der Waals surface area contributed by atoms with Gasteiger partial charge in [0.2, 0.25) is 0 Å². The molecular weight excluding hydrogens is 188 g/mol. The SMILES string of the molecule is CC[C@H]1C[C@@H]1CCCCC=NC(=N)OC. The summed E-state index contributed by atoms with van der Waals surface area (Å²) >= 11 is 0. The van der Waals surface area contributed by atoms with Crippen molar-refractivity contribution in [2.24, 2.45) is 16.8 Å². The highest BCUT2D eigenvalue weighted by atomic mass is 16.5. The molecule has 3 heteroatoms. The first-order valence-electron chi connectivity index (χ1n) is 5.93. The molecule has 2 atom stereocenters. The highest BCUT2D eigenvalue weighted by Crippen LogP contribution is 2.44. The van der Waals surface area contributed by atoms with Gasteiger partial charge in [0.1, 0.15) is 0 Å². The van der Waals surface area contributed by atoms with Gasteiger partial charge >= 0.3 is 6.02 Å². The maximum absolute atomic E-state index is 7.13. The topological polar surface area (TPSA) is 45.4 Å². The quantitative estimate of drug-likeness (QED) is 0.408. The number of unbranched alkanes of at least 4 members (excludes halogenated alkanes) is 2. The lowest BCUT2D eigenvalue weighted by molar-refractivity contribution is 0.393. The number of ether oxygens (including phenoxy) is 1. The number of aliphatic imine (C=N–C) groups is 1. The van der Waals surface area contributed by atoms with E-state index >= 15 is 0 Å². The number of methoxy groups -OCH3 is 1. The molecule has 0 aromatic carbocycles. The molecule has 0 aliphatic heterocycles. The molecule has 1 fully saturated rings. The fourth-order valence-electron chi connectivity index (χ4n) is 2.01. The van der Waals surface area contributed by atoms with E-state index in [1.54, 1.807) is 6.21 Å². The molecule has 1 aliphatic carbocycles. The lowest BCUT2D eigenvalue weighted by Crippen LogP contribution is -1.94. The number of hydrogen-bond acceptors (Lipinski definition) is 2. The average molecular weight is 210 g/mol. The second-order valence-electron chi connectivity index (χ2n) is 4.27. The van der Waals surface area contributed by atoms with E-state index in [1.807, 2.05) is 0 Å². The van der Waals surface area contributed by atoms with Gasteiger partial charge in [-0.2, -0.15) is 0 Å². The fraction of sp³-hybridized carbons (Fsp3) is 0.833. The summed E-state index contributed by atoms with van der Waals surface area (Å²) in [6, 6.07) is 0.00300. The van der Waals surface area contributed by atoms with Gasteiger partial charge in [0.25, 0.3) is 0 Å². The zero-order valence-corrected chi connectivity index (χ0v) is 9.83. The van der Waals surface area contributed by atoms with Crippen LogP contribution in [0, 0.1) is 17.2 Å². The number of nitrogens with zero attached hydrogens (tertiary/aromatic N) is 1. The minimum atomic E-state index is 0.00300. The molecule has 3 nitrogen and oxygen atoms in total. The molecule has 1 saturated carbocycles. The minimum absolute atomic E-state index is 0.00300. The van der Waals surface area contributed by atoms with E-state index in [4.69, 9.17) is 5.41 Å². The summed E-state index contributed by atoms with van der Waals surface area (Å²) in [7, 11) is 1.47.